The lowest BCUT2D eigenvalue weighted by molar-refractivity contribution is 0.0996. The second-order valence-corrected chi connectivity index (χ2v) is 8.86. The molecule has 1 aromatic heterocycles. The predicted octanol–water partition coefficient (Wildman–Crippen LogP) is 4.05. The molecule has 0 bridgehead atoms. The van der Waals surface area contributed by atoms with Crippen molar-refractivity contribution in [3.8, 4) is 0 Å². The number of carbonyl (C=O) groups is 1. The molecule has 1 saturated heterocycles. The van der Waals surface area contributed by atoms with Gasteiger partial charge >= 0.3 is 0 Å². The first-order valence-electron chi connectivity index (χ1n) is 9.00. The molecule has 28 heavy (non-hydrogen) atoms. The van der Waals surface area contributed by atoms with Crippen molar-refractivity contribution in [1.29, 1.82) is 0 Å². The number of benzene rings is 1. The summed E-state index contributed by atoms with van der Waals surface area (Å²) >= 11 is 2.01. The van der Waals surface area contributed by atoms with Crippen LogP contribution < -0.4 is 10.6 Å². The Bertz CT molecular complexity index is 791. The first kappa shape index (κ1) is 22.6. The molecular weight excluding hydrogens is 487 g/mol. The molecule has 3 rings (SSSR count). The molecule has 2 aromatic rings. The topological polar surface area (TPSA) is 69.9 Å². The van der Waals surface area contributed by atoms with Crippen LogP contribution in [-0.2, 0) is 6.54 Å². The predicted molar refractivity (Wildman–Crippen MR) is 127 cm³/mol. The van der Waals surface area contributed by atoms with Crippen molar-refractivity contribution in [2.45, 2.75) is 25.1 Å². The van der Waals surface area contributed by atoms with Gasteiger partial charge in [0.25, 0.3) is 5.91 Å². The van der Waals surface area contributed by atoms with E-state index in [1.54, 1.807) is 12.1 Å². The highest BCUT2D eigenvalue weighted by Crippen LogP contribution is 2.29. The number of amides is 1. The molecule has 6 nitrogen and oxygen atoms in total. The fourth-order valence-corrected chi connectivity index (χ4v) is 4.13. The average Bonchev–Trinajstić information content (AvgIpc) is 3.18. The lowest BCUT2D eigenvalue weighted by atomic mass is 10.2. The monoisotopic (exact) mass is 514 g/mol. The van der Waals surface area contributed by atoms with Gasteiger partial charge in [-0.15, -0.1) is 24.0 Å². The molecule has 0 spiro atoms. The zero-order valence-corrected chi connectivity index (χ0v) is 19.5. The lowest BCUT2D eigenvalue weighted by Crippen LogP contribution is -2.50. The van der Waals surface area contributed by atoms with Crippen LogP contribution in [0.2, 0.25) is 0 Å². The number of guanidine groups is 1. The zero-order valence-electron chi connectivity index (χ0n) is 16.4. The van der Waals surface area contributed by atoms with Gasteiger partial charge in [0.2, 0.25) is 0 Å². The highest BCUT2D eigenvalue weighted by Gasteiger charge is 2.28. The maximum Gasteiger partial charge on any atom is 0.291 e. The third-order valence-corrected chi connectivity index (χ3v) is 5.64. The lowest BCUT2D eigenvalue weighted by Gasteiger charge is -2.39. The minimum absolute atomic E-state index is 0. The van der Waals surface area contributed by atoms with E-state index in [1.165, 1.54) is 6.26 Å². The smallest absolute Gasteiger partial charge is 0.291 e. The highest BCUT2D eigenvalue weighted by molar-refractivity contribution is 14.0. The third-order valence-electron chi connectivity index (χ3n) is 4.34. The van der Waals surface area contributed by atoms with Crippen molar-refractivity contribution < 1.29 is 9.21 Å². The molecule has 0 saturated carbocycles. The van der Waals surface area contributed by atoms with Gasteiger partial charge in [-0.2, -0.15) is 11.8 Å². The van der Waals surface area contributed by atoms with E-state index >= 15 is 0 Å². The molecule has 2 heterocycles. The number of nitrogens with zero attached hydrogens (tertiary/aromatic N) is 2. The second-order valence-electron chi connectivity index (χ2n) is 7.06. The second kappa shape index (κ2) is 10.2. The molecular formula is C20H27IN4O2S. The number of hydrogen-bond acceptors (Lipinski definition) is 4. The molecule has 0 atom stereocenters. The summed E-state index contributed by atoms with van der Waals surface area (Å²) in [6.45, 7) is 7.21. The van der Waals surface area contributed by atoms with Crippen LogP contribution in [0, 0.1) is 0 Å². The third kappa shape index (κ3) is 6.16. The number of hydrogen-bond donors (Lipinski definition) is 2. The fourth-order valence-electron chi connectivity index (χ4n) is 3.02. The Labute approximate surface area is 187 Å². The van der Waals surface area contributed by atoms with E-state index in [0.29, 0.717) is 12.3 Å². The van der Waals surface area contributed by atoms with Crippen molar-refractivity contribution >= 4 is 53.3 Å². The van der Waals surface area contributed by atoms with Crippen LogP contribution in [0.3, 0.4) is 0 Å². The van der Waals surface area contributed by atoms with Gasteiger partial charge in [0.1, 0.15) is 0 Å². The standard InChI is InChI=1S/C20H26N4O2S.HI/c1-20(2)14-24(10-12-27-20)19(21-3)22-13-15-6-8-16(9-7-15)23-18(25)17-5-4-11-26-17;/h4-9,11H,10,12-14H2,1-3H3,(H,21,22)(H,23,25);1H. The van der Waals surface area contributed by atoms with E-state index in [1.807, 2.05) is 43.1 Å². The maximum absolute atomic E-state index is 12.0. The number of thioether (sulfide) groups is 1. The number of aliphatic imine (C=N–C) groups is 1. The molecule has 0 radical (unpaired) electrons. The van der Waals surface area contributed by atoms with Gasteiger partial charge in [-0.3, -0.25) is 9.79 Å². The molecule has 0 aliphatic carbocycles. The maximum atomic E-state index is 12.0. The molecule has 8 heteroatoms. The largest absolute Gasteiger partial charge is 0.459 e. The van der Waals surface area contributed by atoms with Gasteiger partial charge in [-0.1, -0.05) is 12.1 Å². The van der Waals surface area contributed by atoms with E-state index in [4.69, 9.17) is 4.42 Å². The van der Waals surface area contributed by atoms with Crippen molar-refractivity contribution in [3.63, 3.8) is 0 Å². The average molecular weight is 514 g/mol. The first-order valence-corrected chi connectivity index (χ1v) is 9.99. The summed E-state index contributed by atoms with van der Waals surface area (Å²) in [5.74, 6) is 2.08. The summed E-state index contributed by atoms with van der Waals surface area (Å²) in [5, 5.41) is 6.26. The number of furan rings is 1. The van der Waals surface area contributed by atoms with Crippen LogP contribution in [0.1, 0.15) is 30.0 Å². The summed E-state index contributed by atoms with van der Waals surface area (Å²) in [4.78, 5) is 18.7. The molecule has 152 valence electrons. The summed E-state index contributed by atoms with van der Waals surface area (Å²) in [7, 11) is 1.82. The van der Waals surface area contributed by atoms with E-state index < -0.39 is 0 Å². The minimum Gasteiger partial charge on any atom is -0.459 e. The molecule has 0 unspecified atom stereocenters. The molecule has 1 aliphatic heterocycles. The van der Waals surface area contributed by atoms with Crippen LogP contribution >= 0.6 is 35.7 Å². The highest BCUT2D eigenvalue weighted by atomic mass is 127. The van der Waals surface area contributed by atoms with Crippen molar-refractivity contribution in [2.75, 3.05) is 31.2 Å². The fraction of sp³-hybridized carbons (Fsp3) is 0.400. The van der Waals surface area contributed by atoms with Crippen LogP contribution in [0.4, 0.5) is 5.69 Å². The number of carbonyl (C=O) groups excluding carboxylic acids is 1. The van der Waals surface area contributed by atoms with Crippen molar-refractivity contribution in [2.24, 2.45) is 4.99 Å². The first-order chi connectivity index (χ1) is 13.0. The number of nitrogens with one attached hydrogen (secondary N) is 2. The van der Waals surface area contributed by atoms with Gasteiger partial charge in [0.05, 0.1) is 6.26 Å². The SMILES string of the molecule is CN=C(NCc1ccc(NC(=O)c2ccco2)cc1)N1CCSC(C)(C)C1.I. The Morgan fingerprint density at radius 2 is 2.04 bits per heavy atom. The van der Waals surface area contributed by atoms with Gasteiger partial charge < -0.3 is 20.0 Å². The normalized spacial score (nSPS) is 16.2. The van der Waals surface area contributed by atoms with Gasteiger partial charge in [0.15, 0.2) is 11.7 Å². The Kier molecular flexibility index (Phi) is 8.23. The molecule has 1 aliphatic rings. The summed E-state index contributed by atoms with van der Waals surface area (Å²) in [6, 6.07) is 11.1. The number of anilines is 1. The van der Waals surface area contributed by atoms with Crippen molar-refractivity contribution in [3.05, 3.63) is 54.0 Å². The summed E-state index contributed by atoms with van der Waals surface area (Å²) in [6.07, 6.45) is 1.48. The van der Waals surface area contributed by atoms with Gasteiger partial charge in [-0.25, -0.2) is 0 Å². The van der Waals surface area contributed by atoms with E-state index in [0.717, 1.165) is 36.1 Å². The van der Waals surface area contributed by atoms with Gasteiger partial charge in [-0.05, 0) is 43.7 Å². The van der Waals surface area contributed by atoms with E-state index in [9.17, 15) is 4.79 Å². The zero-order chi connectivity index (χ0) is 19.3. The Morgan fingerprint density at radius 3 is 2.64 bits per heavy atom. The quantitative estimate of drug-likeness (QED) is 0.366. The van der Waals surface area contributed by atoms with Crippen LogP contribution in [0.25, 0.3) is 0 Å². The molecule has 1 fully saturated rings. The van der Waals surface area contributed by atoms with Crippen LogP contribution in [0.5, 0.6) is 0 Å². The van der Waals surface area contributed by atoms with Crippen LogP contribution in [0.15, 0.2) is 52.1 Å². The Balaban J connectivity index is 0.00000280. The minimum atomic E-state index is -0.253. The number of halogens is 1. The summed E-state index contributed by atoms with van der Waals surface area (Å²) in [5.41, 5.74) is 1.86. The molecule has 1 aromatic carbocycles. The van der Waals surface area contributed by atoms with Gasteiger partial charge in [0, 0.05) is 42.9 Å². The van der Waals surface area contributed by atoms with Crippen LogP contribution in [-0.4, -0.2) is 47.4 Å². The van der Waals surface area contributed by atoms with E-state index in [2.05, 4.69) is 34.4 Å². The Morgan fingerprint density at radius 1 is 1.29 bits per heavy atom. The summed E-state index contributed by atoms with van der Waals surface area (Å²) < 4.78 is 5.34. The van der Waals surface area contributed by atoms with E-state index in [-0.39, 0.29) is 34.6 Å². The Hall–Kier alpha value is -1.68. The molecule has 1 amide bonds. The number of rotatable bonds is 4. The molecule has 2 N–H and O–H groups in total. The van der Waals surface area contributed by atoms with Crippen molar-refractivity contribution in [1.82, 2.24) is 10.2 Å².